The Morgan fingerprint density at radius 2 is 1.88 bits per heavy atom. The molecule has 126 valence electrons. The van der Waals surface area contributed by atoms with Crippen molar-refractivity contribution < 1.29 is 4.79 Å². The summed E-state index contributed by atoms with van der Waals surface area (Å²) in [6.45, 7) is 5.07. The first-order chi connectivity index (χ1) is 11.7. The standard InChI is InChI=1S/C17H22N6O/c1-13-19-15(12-16(20-13)23-7-3-6-18-23)21-8-10-22(11-9-21)17(24)14-4-2-5-14/h3,6-7,12,14H,2,4-5,8-11H2,1H3. The Bertz CT molecular complexity index is 717. The van der Waals surface area contributed by atoms with Gasteiger partial charge in [-0.15, -0.1) is 0 Å². The number of carbonyl (C=O) groups excluding carboxylic acids is 1. The predicted octanol–water partition coefficient (Wildman–Crippen LogP) is 1.42. The second kappa shape index (κ2) is 6.22. The van der Waals surface area contributed by atoms with E-state index in [0.717, 1.165) is 56.5 Å². The number of rotatable bonds is 3. The molecule has 2 aromatic rings. The topological polar surface area (TPSA) is 67.2 Å². The number of carbonyl (C=O) groups is 1. The number of anilines is 1. The maximum Gasteiger partial charge on any atom is 0.225 e. The van der Waals surface area contributed by atoms with E-state index in [9.17, 15) is 4.79 Å². The van der Waals surface area contributed by atoms with Gasteiger partial charge in [0, 0.05) is 50.6 Å². The van der Waals surface area contributed by atoms with Crippen LogP contribution >= 0.6 is 0 Å². The van der Waals surface area contributed by atoms with E-state index < -0.39 is 0 Å². The fourth-order valence-electron chi connectivity index (χ4n) is 3.29. The van der Waals surface area contributed by atoms with Crippen molar-refractivity contribution in [2.75, 3.05) is 31.1 Å². The quantitative estimate of drug-likeness (QED) is 0.853. The van der Waals surface area contributed by atoms with E-state index in [1.54, 1.807) is 10.9 Å². The van der Waals surface area contributed by atoms with E-state index in [1.165, 1.54) is 6.42 Å². The molecule has 2 fully saturated rings. The lowest BCUT2D eigenvalue weighted by Gasteiger charge is -2.38. The average molecular weight is 326 g/mol. The van der Waals surface area contributed by atoms with Crippen LogP contribution in [-0.2, 0) is 4.79 Å². The number of amides is 1. The predicted molar refractivity (Wildman–Crippen MR) is 90.0 cm³/mol. The van der Waals surface area contributed by atoms with Crippen molar-refractivity contribution in [3.63, 3.8) is 0 Å². The van der Waals surface area contributed by atoms with Crippen LogP contribution in [0, 0.1) is 12.8 Å². The molecule has 1 saturated carbocycles. The van der Waals surface area contributed by atoms with Gasteiger partial charge in [0.25, 0.3) is 0 Å². The second-order valence-corrected chi connectivity index (χ2v) is 6.52. The van der Waals surface area contributed by atoms with Crippen LogP contribution in [0.5, 0.6) is 0 Å². The molecule has 0 radical (unpaired) electrons. The molecular weight excluding hydrogens is 304 g/mol. The molecule has 2 aromatic heterocycles. The first-order valence-electron chi connectivity index (χ1n) is 8.60. The molecule has 1 saturated heterocycles. The van der Waals surface area contributed by atoms with Crippen molar-refractivity contribution >= 4 is 11.7 Å². The highest BCUT2D eigenvalue weighted by Gasteiger charge is 2.31. The van der Waals surface area contributed by atoms with Crippen molar-refractivity contribution in [1.29, 1.82) is 0 Å². The molecule has 0 spiro atoms. The van der Waals surface area contributed by atoms with Crippen molar-refractivity contribution in [3.05, 3.63) is 30.4 Å². The molecule has 1 aliphatic carbocycles. The maximum atomic E-state index is 12.4. The Kier molecular flexibility index (Phi) is 3.92. The monoisotopic (exact) mass is 326 g/mol. The zero-order valence-electron chi connectivity index (χ0n) is 13.9. The van der Waals surface area contributed by atoms with E-state index in [2.05, 4.69) is 20.0 Å². The summed E-state index contributed by atoms with van der Waals surface area (Å²) >= 11 is 0. The summed E-state index contributed by atoms with van der Waals surface area (Å²) in [6, 6.07) is 3.84. The first kappa shape index (κ1) is 15.1. The summed E-state index contributed by atoms with van der Waals surface area (Å²) in [7, 11) is 0. The van der Waals surface area contributed by atoms with Crippen LogP contribution < -0.4 is 4.90 Å². The van der Waals surface area contributed by atoms with Gasteiger partial charge in [0.15, 0.2) is 5.82 Å². The summed E-state index contributed by atoms with van der Waals surface area (Å²) in [6.07, 6.45) is 6.95. The molecule has 0 atom stereocenters. The molecule has 24 heavy (non-hydrogen) atoms. The highest BCUT2D eigenvalue weighted by atomic mass is 16.2. The van der Waals surface area contributed by atoms with Crippen LogP contribution in [0.2, 0.25) is 0 Å². The minimum atomic E-state index is 0.282. The highest BCUT2D eigenvalue weighted by molar-refractivity contribution is 5.79. The fourth-order valence-corrected chi connectivity index (χ4v) is 3.29. The molecule has 1 amide bonds. The second-order valence-electron chi connectivity index (χ2n) is 6.52. The van der Waals surface area contributed by atoms with Crippen molar-refractivity contribution in [1.82, 2.24) is 24.6 Å². The zero-order valence-corrected chi connectivity index (χ0v) is 13.9. The molecule has 2 aliphatic rings. The van der Waals surface area contributed by atoms with Crippen molar-refractivity contribution in [3.8, 4) is 5.82 Å². The third-order valence-electron chi connectivity index (χ3n) is 4.92. The van der Waals surface area contributed by atoms with E-state index in [1.807, 2.05) is 30.2 Å². The molecular formula is C17H22N6O. The molecule has 0 aromatic carbocycles. The van der Waals surface area contributed by atoms with Crippen LogP contribution in [0.1, 0.15) is 25.1 Å². The zero-order chi connectivity index (χ0) is 16.5. The maximum absolute atomic E-state index is 12.4. The molecule has 4 rings (SSSR count). The largest absolute Gasteiger partial charge is 0.353 e. The average Bonchev–Trinajstić information content (AvgIpc) is 3.07. The van der Waals surface area contributed by atoms with Gasteiger partial charge in [0.05, 0.1) is 0 Å². The van der Waals surface area contributed by atoms with Gasteiger partial charge in [0.2, 0.25) is 5.91 Å². The lowest BCUT2D eigenvalue weighted by Crippen LogP contribution is -2.51. The van der Waals surface area contributed by atoms with Crippen LogP contribution in [0.3, 0.4) is 0 Å². The Morgan fingerprint density at radius 1 is 1.12 bits per heavy atom. The highest BCUT2D eigenvalue weighted by Crippen LogP contribution is 2.29. The van der Waals surface area contributed by atoms with Gasteiger partial charge in [0.1, 0.15) is 11.6 Å². The van der Waals surface area contributed by atoms with Crippen molar-refractivity contribution in [2.45, 2.75) is 26.2 Å². The van der Waals surface area contributed by atoms with Crippen LogP contribution in [0.4, 0.5) is 5.82 Å². The minimum absolute atomic E-state index is 0.282. The first-order valence-corrected chi connectivity index (χ1v) is 8.60. The normalized spacial score (nSPS) is 18.5. The lowest BCUT2D eigenvalue weighted by molar-refractivity contribution is -0.138. The van der Waals surface area contributed by atoms with Gasteiger partial charge in [-0.05, 0) is 25.8 Å². The fraction of sp³-hybridized carbons (Fsp3) is 0.529. The Morgan fingerprint density at radius 3 is 2.50 bits per heavy atom. The van der Waals surface area contributed by atoms with E-state index in [0.29, 0.717) is 5.91 Å². The molecule has 3 heterocycles. The molecule has 7 heteroatoms. The van der Waals surface area contributed by atoms with Gasteiger partial charge < -0.3 is 9.80 Å². The number of aromatic nitrogens is 4. The van der Waals surface area contributed by atoms with E-state index in [-0.39, 0.29) is 5.92 Å². The number of hydrogen-bond donors (Lipinski definition) is 0. The lowest BCUT2D eigenvalue weighted by atomic mass is 9.84. The van der Waals surface area contributed by atoms with Crippen molar-refractivity contribution in [2.24, 2.45) is 5.92 Å². The minimum Gasteiger partial charge on any atom is -0.353 e. The summed E-state index contributed by atoms with van der Waals surface area (Å²) in [5.74, 6) is 3.03. The number of piperazine rings is 1. The van der Waals surface area contributed by atoms with E-state index >= 15 is 0 Å². The Balaban J connectivity index is 1.46. The van der Waals surface area contributed by atoms with Gasteiger partial charge in [-0.2, -0.15) is 5.10 Å². The number of aryl methyl sites for hydroxylation is 1. The molecule has 7 nitrogen and oxygen atoms in total. The molecule has 0 N–H and O–H groups in total. The van der Waals surface area contributed by atoms with Crippen LogP contribution in [-0.4, -0.2) is 56.7 Å². The summed E-state index contributed by atoms with van der Waals surface area (Å²) in [4.78, 5) is 25.6. The summed E-state index contributed by atoms with van der Waals surface area (Å²) in [5, 5.41) is 4.24. The van der Waals surface area contributed by atoms with Gasteiger partial charge in [-0.1, -0.05) is 6.42 Å². The molecule has 0 unspecified atom stereocenters. The van der Waals surface area contributed by atoms with Gasteiger partial charge in [-0.25, -0.2) is 14.6 Å². The van der Waals surface area contributed by atoms with Gasteiger partial charge >= 0.3 is 0 Å². The molecule has 0 bridgehead atoms. The Hall–Kier alpha value is -2.44. The van der Waals surface area contributed by atoms with E-state index in [4.69, 9.17) is 0 Å². The Labute approximate surface area is 141 Å². The summed E-state index contributed by atoms with van der Waals surface area (Å²) in [5.41, 5.74) is 0. The smallest absolute Gasteiger partial charge is 0.225 e. The SMILES string of the molecule is Cc1nc(N2CCN(C(=O)C3CCC3)CC2)cc(-n2cccn2)n1. The van der Waals surface area contributed by atoms with Crippen LogP contribution in [0.15, 0.2) is 24.5 Å². The third-order valence-corrected chi connectivity index (χ3v) is 4.92. The third kappa shape index (κ3) is 2.86. The van der Waals surface area contributed by atoms with Gasteiger partial charge in [-0.3, -0.25) is 4.79 Å². The van der Waals surface area contributed by atoms with Crippen LogP contribution in [0.25, 0.3) is 5.82 Å². The molecule has 1 aliphatic heterocycles. The number of nitrogens with zero attached hydrogens (tertiary/aromatic N) is 6. The number of hydrogen-bond acceptors (Lipinski definition) is 5. The summed E-state index contributed by atoms with van der Waals surface area (Å²) < 4.78 is 1.74.